The summed E-state index contributed by atoms with van der Waals surface area (Å²) in [7, 11) is 0. The van der Waals surface area contributed by atoms with Gasteiger partial charge in [0.15, 0.2) is 0 Å². The number of piperidine rings is 2. The minimum absolute atomic E-state index is 0.0120. The number of aliphatic hydroxyl groups is 1. The molecule has 2 aromatic carbocycles. The number of amides is 1. The molecule has 1 aliphatic carbocycles. The summed E-state index contributed by atoms with van der Waals surface area (Å²) in [5, 5.41) is 13.5. The van der Waals surface area contributed by atoms with Crippen LogP contribution >= 0.6 is 0 Å². The summed E-state index contributed by atoms with van der Waals surface area (Å²) >= 11 is 0. The van der Waals surface area contributed by atoms with Crippen molar-refractivity contribution in [2.24, 2.45) is 11.3 Å². The molecule has 1 atom stereocenters. The molecule has 0 unspecified atom stereocenters. The second kappa shape index (κ2) is 10.7. The van der Waals surface area contributed by atoms with Crippen LogP contribution < -0.4 is 5.32 Å². The first-order valence-corrected chi connectivity index (χ1v) is 13.6. The molecule has 5 heteroatoms. The van der Waals surface area contributed by atoms with E-state index in [1.165, 1.54) is 57.4 Å². The van der Waals surface area contributed by atoms with Crippen molar-refractivity contribution in [3.05, 3.63) is 54.1 Å². The zero-order chi connectivity index (χ0) is 24.3. The summed E-state index contributed by atoms with van der Waals surface area (Å²) in [6.45, 7) is 8.47. The van der Waals surface area contributed by atoms with Crippen molar-refractivity contribution < 1.29 is 9.90 Å². The molecule has 1 saturated carbocycles. The van der Waals surface area contributed by atoms with Crippen LogP contribution in [0.2, 0.25) is 0 Å². The fraction of sp³-hybridized carbons (Fsp3) is 0.567. The van der Waals surface area contributed by atoms with Crippen molar-refractivity contribution in [3.8, 4) is 11.1 Å². The molecular formula is C30H41N3O2. The van der Waals surface area contributed by atoms with Crippen LogP contribution in [0.15, 0.2) is 48.5 Å². The first-order valence-electron chi connectivity index (χ1n) is 13.6. The van der Waals surface area contributed by atoms with Crippen LogP contribution in [0.3, 0.4) is 0 Å². The van der Waals surface area contributed by atoms with Crippen LogP contribution in [0.4, 0.5) is 5.69 Å². The summed E-state index contributed by atoms with van der Waals surface area (Å²) in [5.74, 6) is 0.768. The van der Waals surface area contributed by atoms with Gasteiger partial charge in [0.25, 0.3) is 5.91 Å². The number of likely N-dealkylation sites (tertiary alicyclic amines) is 2. The average molecular weight is 476 g/mol. The van der Waals surface area contributed by atoms with Crippen LogP contribution in [-0.4, -0.2) is 66.2 Å². The Morgan fingerprint density at radius 3 is 2.20 bits per heavy atom. The molecule has 5 nitrogen and oxygen atoms in total. The number of aliphatic hydroxyl groups excluding tert-OH is 1. The molecule has 2 heterocycles. The second-order valence-corrected chi connectivity index (χ2v) is 11.5. The van der Waals surface area contributed by atoms with Gasteiger partial charge < -0.3 is 20.2 Å². The van der Waals surface area contributed by atoms with Gasteiger partial charge in [0.1, 0.15) is 0 Å². The molecule has 188 valence electrons. The highest BCUT2D eigenvalue weighted by Crippen LogP contribution is 2.41. The SMILES string of the molecule is CC1(CN2CCC(CNc3ccc(-c4ccc(C(=O)N5CCC[C@H](O)C5)cc4)cc3)CC2)CCC1. The van der Waals surface area contributed by atoms with Gasteiger partial charge in [0, 0.05) is 37.4 Å². The van der Waals surface area contributed by atoms with Gasteiger partial charge in [-0.2, -0.15) is 0 Å². The van der Waals surface area contributed by atoms with Gasteiger partial charge in [-0.3, -0.25) is 4.79 Å². The minimum atomic E-state index is -0.396. The van der Waals surface area contributed by atoms with E-state index >= 15 is 0 Å². The molecule has 0 aromatic heterocycles. The first kappa shape index (κ1) is 24.3. The van der Waals surface area contributed by atoms with E-state index in [-0.39, 0.29) is 5.91 Å². The molecule has 35 heavy (non-hydrogen) atoms. The van der Waals surface area contributed by atoms with Crippen LogP contribution in [0.1, 0.15) is 62.2 Å². The molecule has 2 aliphatic heterocycles. The van der Waals surface area contributed by atoms with Crippen LogP contribution in [0, 0.1) is 11.3 Å². The van der Waals surface area contributed by atoms with E-state index in [4.69, 9.17) is 0 Å². The predicted molar refractivity (Wildman–Crippen MR) is 143 cm³/mol. The Hall–Kier alpha value is -2.37. The molecule has 0 radical (unpaired) electrons. The fourth-order valence-electron chi connectivity index (χ4n) is 6.00. The highest BCUT2D eigenvalue weighted by molar-refractivity contribution is 5.94. The normalized spacial score (nSPS) is 23.0. The smallest absolute Gasteiger partial charge is 0.253 e. The van der Waals surface area contributed by atoms with Crippen molar-refractivity contribution in [1.29, 1.82) is 0 Å². The number of anilines is 1. The van der Waals surface area contributed by atoms with Gasteiger partial charge >= 0.3 is 0 Å². The summed E-state index contributed by atoms with van der Waals surface area (Å²) in [6.07, 6.45) is 8.09. The first-order chi connectivity index (χ1) is 17.0. The summed E-state index contributed by atoms with van der Waals surface area (Å²) in [6, 6.07) is 16.5. The lowest BCUT2D eigenvalue weighted by atomic mass is 9.70. The van der Waals surface area contributed by atoms with E-state index in [9.17, 15) is 9.90 Å². The Kier molecular flexibility index (Phi) is 7.45. The molecule has 3 aliphatic rings. The highest BCUT2D eigenvalue weighted by atomic mass is 16.3. The molecule has 5 rings (SSSR count). The van der Waals surface area contributed by atoms with Crippen LogP contribution in [-0.2, 0) is 0 Å². The van der Waals surface area contributed by atoms with E-state index in [0.717, 1.165) is 43.0 Å². The maximum atomic E-state index is 12.7. The third-order valence-electron chi connectivity index (χ3n) is 8.50. The van der Waals surface area contributed by atoms with E-state index in [1.54, 1.807) is 4.90 Å². The highest BCUT2D eigenvalue weighted by Gasteiger charge is 2.34. The average Bonchev–Trinajstić information content (AvgIpc) is 2.87. The zero-order valence-corrected chi connectivity index (χ0v) is 21.2. The number of hydrogen-bond acceptors (Lipinski definition) is 4. The maximum Gasteiger partial charge on any atom is 0.253 e. The molecule has 0 bridgehead atoms. The lowest BCUT2D eigenvalue weighted by Crippen LogP contribution is -2.44. The molecule has 2 aromatic rings. The van der Waals surface area contributed by atoms with Crippen molar-refractivity contribution in [3.63, 3.8) is 0 Å². The zero-order valence-electron chi connectivity index (χ0n) is 21.2. The van der Waals surface area contributed by atoms with Crippen molar-refractivity contribution in [1.82, 2.24) is 9.80 Å². The molecule has 2 N–H and O–H groups in total. The lowest BCUT2D eigenvalue weighted by Gasteiger charge is -2.44. The van der Waals surface area contributed by atoms with Gasteiger partial charge in [-0.05, 0) is 98.3 Å². The summed E-state index contributed by atoms with van der Waals surface area (Å²) < 4.78 is 0. The maximum absolute atomic E-state index is 12.7. The Bertz CT molecular complexity index is 976. The van der Waals surface area contributed by atoms with Crippen molar-refractivity contribution in [2.75, 3.05) is 44.6 Å². The topological polar surface area (TPSA) is 55.8 Å². The van der Waals surface area contributed by atoms with Crippen LogP contribution in [0.25, 0.3) is 11.1 Å². The van der Waals surface area contributed by atoms with Gasteiger partial charge in [-0.1, -0.05) is 37.6 Å². The third kappa shape index (κ3) is 6.07. The standard InChI is InChI=1S/C30H41N3O2/c1-30(15-3-16-30)22-32-18-13-23(14-19-32)20-31-27-11-9-25(10-12-27)24-5-7-26(8-6-24)29(35)33-17-2-4-28(34)21-33/h5-12,23,28,31,34H,2-4,13-22H2,1H3/t28-/m0/s1. The quantitative estimate of drug-likeness (QED) is 0.573. The number of hydrogen-bond donors (Lipinski definition) is 2. The molecule has 2 saturated heterocycles. The van der Waals surface area contributed by atoms with E-state index in [1.807, 2.05) is 24.3 Å². The van der Waals surface area contributed by atoms with Gasteiger partial charge in [0.2, 0.25) is 0 Å². The van der Waals surface area contributed by atoms with Gasteiger partial charge in [-0.15, -0.1) is 0 Å². The molecular weight excluding hydrogens is 434 g/mol. The predicted octanol–water partition coefficient (Wildman–Crippen LogP) is 5.26. The van der Waals surface area contributed by atoms with E-state index in [2.05, 4.69) is 41.4 Å². The Balaban J connectivity index is 1.09. The monoisotopic (exact) mass is 475 g/mol. The molecule has 3 fully saturated rings. The fourth-order valence-corrected chi connectivity index (χ4v) is 6.00. The van der Waals surface area contributed by atoms with Crippen molar-refractivity contribution >= 4 is 11.6 Å². The van der Waals surface area contributed by atoms with E-state index < -0.39 is 6.10 Å². The number of carbonyl (C=O) groups is 1. The largest absolute Gasteiger partial charge is 0.391 e. The Labute approximate surface area is 210 Å². The number of benzene rings is 2. The second-order valence-electron chi connectivity index (χ2n) is 11.5. The number of rotatable bonds is 7. The minimum Gasteiger partial charge on any atom is -0.391 e. The molecule has 1 amide bonds. The number of nitrogens with zero attached hydrogens (tertiary/aromatic N) is 2. The van der Waals surface area contributed by atoms with Gasteiger partial charge in [-0.25, -0.2) is 0 Å². The Morgan fingerprint density at radius 2 is 1.60 bits per heavy atom. The lowest BCUT2D eigenvalue weighted by molar-refractivity contribution is 0.0474. The van der Waals surface area contributed by atoms with Gasteiger partial charge in [0.05, 0.1) is 6.10 Å². The number of carbonyl (C=O) groups excluding carboxylic acids is 1. The van der Waals surface area contributed by atoms with Crippen molar-refractivity contribution in [2.45, 2.75) is 58.0 Å². The number of β-amino-alcohol motifs (C(OH)–C–C–N with tert-alkyl or cyclic N) is 1. The molecule has 0 spiro atoms. The Morgan fingerprint density at radius 1 is 0.943 bits per heavy atom. The summed E-state index contributed by atoms with van der Waals surface area (Å²) in [4.78, 5) is 17.2. The van der Waals surface area contributed by atoms with E-state index in [0.29, 0.717) is 17.5 Å². The van der Waals surface area contributed by atoms with Crippen LogP contribution in [0.5, 0.6) is 0 Å². The third-order valence-corrected chi connectivity index (χ3v) is 8.50. The summed E-state index contributed by atoms with van der Waals surface area (Å²) in [5.41, 5.74) is 4.72. The number of nitrogens with one attached hydrogen (secondary N) is 1.